The second kappa shape index (κ2) is 7.12. The average Bonchev–Trinajstić information content (AvgIpc) is 3.01. The number of fused-ring (bicyclic) bond motifs is 4. The van der Waals surface area contributed by atoms with Crippen LogP contribution in [0.2, 0.25) is 0 Å². The molecule has 1 aliphatic heterocycles. The lowest BCUT2D eigenvalue weighted by Crippen LogP contribution is -2.67. The van der Waals surface area contributed by atoms with Crippen molar-refractivity contribution in [2.24, 2.45) is 28.6 Å². The molecule has 6 rings (SSSR count). The summed E-state index contributed by atoms with van der Waals surface area (Å²) in [4.78, 5) is 0. The van der Waals surface area contributed by atoms with Crippen molar-refractivity contribution in [3.63, 3.8) is 0 Å². The van der Waals surface area contributed by atoms with Gasteiger partial charge in [-0.15, -0.1) is 5.92 Å². The van der Waals surface area contributed by atoms with Crippen LogP contribution in [-0.4, -0.2) is 30.5 Å². The normalized spacial score (nSPS) is 46.2. The molecule has 0 radical (unpaired) electrons. The average molecular weight is 433 g/mol. The smallest absolute Gasteiger partial charge is 0.136 e. The SMILES string of the molecule is CC#C[C@]12CC[C@H]3[C@@H]4CCC5=C[C@@H](O)CC[C@]5(C)[C@H]4[C@@H](c4ccc(OC)cc4)C[C@@]31CO2. The molecule has 0 amide bonds. The molecule has 1 heterocycles. The highest BCUT2D eigenvalue weighted by Gasteiger charge is 2.73. The molecule has 3 nitrogen and oxygen atoms in total. The lowest BCUT2D eigenvalue weighted by atomic mass is 9.42. The van der Waals surface area contributed by atoms with E-state index in [0.29, 0.717) is 23.7 Å². The van der Waals surface area contributed by atoms with Gasteiger partial charge in [-0.2, -0.15) is 0 Å². The Kier molecular flexibility index (Phi) is 4.63. The number of hydrogen-bond donors (Lipinski definition) is 1. The molecule has 170 valence electrons. The van der Waals surface area contributed by atoms with Gasteiger partial charge >= 0.3 is 0 Å². The zero-order valence-electron chi connectivity index (χ0n) is 19.7. The van der Waals surface area contributed by atoms with Crippen molar-refractivity contribution < 1.29 is 14.6 Å². The Morgan fingerprint density at radius 1 is 1.12 bits per heavy atom. The van der Waals surface area contributed by atoms with Crippen molar-refractivity contribution in [2.45, 2.75) is 76.4 Å². The second-order valence-corrected chi connectivity index (χ2v) is 11.3. The lowest BCUT2D eigenvalue weighted by molar-refractivity contribution is -0.263. The minimum atomic E-state index is -0.261. The monoisotopic (exact) mass is 432 g/mol. The fourth-order valence-corrected chi connectivity index (χ4v) is 8.95. The number of aliphatic hydroxyl groups is 1. The molecule has 5 aliphatic rings. The van der Waals surface area contributed by atoms with Crippen molar-refractivity contribution in [3.8, 4) is 17.6 Å². The van der Waals surface area contributed by atoms with Gasteiger partial charge in [-0.1, -0.05) is 36.6 Å². The first kappa shape index (κ1) is 20.8. The molecule has 1 aromatic rings. The van der Waals surface area contributed by atoms with Gasteiger partial charge in [-0.05, 0) is 98.7 Å². The molecule has 4 aliphatic carbocycles. The third-order valence-electron chi connectivity index (χ3n) is 10.3. The van der Waals surface area contributed by atoms with Gasteiger partial charge in [0.2, 0.25) is 0 Å². The van der Waals surface area contributed by atoms with Gasteiger partial charge in [0.05, 0.1) is 19.8 Å². The minimum absolute atomic E-state index is 0.181. The predicted octanol–water partition coefficient (Wildman–Crippen LogP) is 5.48. The van der Waals surface area contributed by atoms with E-state index in [4.69, 9.17) is 9.47 Å². The van der Waals surface area contributed by atoms with Crippen LogP contribution in [0.5, 0.6) is 5.75 Å². The lowest BCUT2D eigenvalue weighted by Gasteiger charge is -2.66. The molecule has 32 heavy (non-hydrogen) atoms. The summed E-state index contributed by atoms with van der Waals surface area (Å²) < 4.78 is 11.8. The molecule has 1 N–H and O–H groups in total. The van der Waals surface area contributed by atoms with Crippen LogP contribution in [0.25, 0.3) is 0 Å². The van der Waals surface area contributed by atoms with Gasteiger partial charge in [0.15, 0.2) is 0 Å². The zero-order valence-corrected chi connectivity index (χ0v) is 19.7. The van der Waals surface area contributed by atoms with E-state index in [2.05, 4.69) is 49.1 Å². The maximum Gasteiger partial charge on any atom is 0.136 e. The summed E-state index contributed by atoms with van der Waals surface area (Å²) in [5, 5.41) is 10.4. The van der Waals surface area contributed by atoms with E-state index in [1.54, 1.807) is 7.11 Å². The maximum atomic E-state index is 10.4. The summed E-state index contributed by atoms with van der Waals surface area (Å²) in [6, 6.07) is 8.87. The van der Waals surface area contributed by atoms with Gasteiger partial charge in [0, 0.05) is 5.41 Å². The number of hydrogen-bond acceptors (Lipinski definition) is 3. The van der Waals surface area contributed by atoms with E-state index in [-0.39, 0.29) is 22.5 Å². The second-order valence-electron chi connectivity index (χ2n) is 11.3. The third kappa shape index (κ3) is 2.57. The highest BCUT2D eigenvalue weighted by molar-refractivity contribution is 5.39. The fraction of sp³-hybridized carbons (Fsp3) is 0.655. The number of methoxy groups -OCH3 is 1. The Morgan fingerprint density at radius 2 is 1.94 bits per heavy atom. The van der Waals surface area contributed by atoms with Crippen molar-refractivity contribution in [1.29, 1.82) is 0 Å². The van der Waals surface area contributed by atoms with Crippen LogP contribution in [-0.2, 0) is 4.74 Å². The van der Waals surface area contributed by atoms with E-state index >= 15 is 0 Å². The molecule has 3 heteroatoms. The Morgan fingerprint density at radius 3 is 2.62 bits per heavy atom. The highest BCUT2D eigenvalue weighted by Crippen LogP contribution is 2.74. The van der Waals surface area contributed by atoms with Gasteiger partial charge in [0.1, 0.15) is 11.4 Å². The first-order valence-corrected chi connectivity index (χ1v) is 12.6. The molecule has 8 atom stereocenters. The third-order valence-corrected chi connectivity index (χ3v) is 10.3. The molecule has 1 aromatic carbocycles. The molecule has 1 saturated heterocycles. The summed E-state index contributed by atoms with van der Waals surface area (Å²) in [5.74, 6) is 10.2. The molecule has 1 spiro atoms. The van der Waals surface area contributed by atoms with Crippen LogP contribution in [0, 0.1) is 40.4 Å². The minimum Gasteiger partial charge on any atom is -0.497 e. The Hall–Kier alpha value is -1.76. The summed E-state index contributed by atoms with van der Waals surface area (Å²) in [6.07, 6.45) is 9.85. The number of rotatable bonds is 2. The Bertz CT molecular complexity index is 999. The van der Waals surface area contributed by atoms with E-state index in [1.165, 1.54) is 30.4 Å². The highest BCUT2D eigenvalue weighted by atomic mass is 16.5. The molecule has 0 bridgehead atoms. The Balaban J connectivity index is 1.48. The van der Waals surface area contributed by atoms with Gasteiger partial charge in [-0.25, -0.2) is 0 Å². The quantitative estimate of drug-likeness (QED) is 0.496. The summed E-state index contributed by atoms with van der Waals surface area (Å²) in [5.41, 5.74) is 3.13. The maximum absolute atomic E-state index is 10.4. The summed E-state index contributed by atoms with van der Waals surface area (Å²) in [7, 11) is 1.74. The van der Waals surface area contributed by atoms with E-state index in [9.17, 15) is 5.11 Å². The van der Waals surface area contributed by atoms with Crippen molar-refractivity contribution in [1.82, 2.24) is 0 Å². The van der Waals surface area contributed by atoms with Crippen LogP contribution in [0.4, 0.5) is 0 Å². The topological polar surface area (TPSA) is 38.7 Å². The van der Waals surface area contributed by atoms with Crippen LogP contribution < -0.4 is 4.74 Å². The first-order chi connectivity index (χ1) is 15.5. The predicted molar refractivity (Wildman–Crippen MR) is 125 cm³/mol. The number of ether oxygens (including phenoxy) is 2. The van der Waals surface area contributed by atoms with Crippen molar-refractivity contribution in [3.05, 3.63) is 41.5 Å². The number of aliphatic hydroxyl groups excluding tert-OH is 1. The van der Waals surface area contributed by atoms with Crippen LogP contribution in [0.1, 0.15) is 70.3 Å². The fourth-order valence-electron chi connectivity index (χ4n) is 8.95. The molecule has 0 aromatic heterocycles. The van der Waals surface area contributed by atoms with Crippen molar-refractivity contribution >= 4 is 0 Å². The van der Waals surface area contributed by atoms with E-state index in [0.717, 1.165) is 38.0 Å². The van der Waals surface area contributed by atoms with Gasteiger partial charge in [-0.3, -0.25) is 0 Å². The van der Waals surface area contributed by atoms with Gasteiger partial charge < -0.3 is 14.6 Å². The van der Waals surface area contributed by atoms with E-state index < -0.39 is 0 Å². The van der Waals surface area contributed by atoms with Gasteiger partial charge in [0.25, 0.3) is 0 Å². The largest absolute Gasteiger partial charge is 0.497 e. The van der Waals surface area contributed by atoms with Crippen LogP contribution >= 0.6 is 0 Å². The molecular formula is C29H36O3. The number of allylic oxidation sites excluding steroid dienone is 1. The summed E-state index contributed by atoms with van der Waals surface area (Å²) in [6.45, 7) is 5.36. The van der Waals surface area contributed by atoms with E-state index in [1.807, 2.05) is 6.92 Å². The standard InChI is InChI=1S/C29H36O3/c1-4-13-29-15-12-25-23-10-7-20-16-21(30)11-14-27(20,2)26(23)24(17-28(25,29)18-32-29)19-5-8-22(31-3)9-6-19/h5-6,8-9,16,21,23-26,30H,7,10-12,14-15,17-18H2,1-3H3/t21-,23-,24+,25-,26+,27-,28+,29-/m0/s1. The van der Waals surface area contributed by atoms with Crippen molar-refractivity contribution in [2.75, 3.05) is 13.7 Å². The first-order valence-electron chi connectivity index (χ1n) is 12.6. The molecule has 0 unspecified atom stereocenters. The molecule has 4 fully saturated rings. The number of benzene rings is 1. The molecule has 3 saturated carbocycles. The van der Waals surface area contributed by atoms with Crippen LogP contribution in [0.15, 0.2) is 35.9 Å². The molecular weight excluding hydrogens is 396 g/mol. The summed E-state index contributed by atoms with van der Waals surface area (Å²) >= 11 is 0. The van der Waals surface area contributed by atoms with Crippen LogP contribution in [0.3, 0.4) is 0 Å². The Labute approximate surface area is 192 Å². The zero-order chi connectivity index (χ0) is 22.1.